The number of hydrogen-bond acceptors (Lipinski definition) is 4. The molecule has 0 aliphatic carbocycles. The Hall–Kier alpha value is -2.08. The minimum atomic E-state index is -0.369. The zero-order valence-electron chi connectivity index (χ0n) is 11.6. The highest BCUT2D eigenvalue weighted by molar-refractivity contribution is 7.80. The molecule has 0 fully saturated rings. The third-order valence-corrected chi connectivity index (χ3v) is 3.82. The molecule has 0 amide bonds. The summed E-state index contributed by atoms with van der Waals surface area (Å²) in [5.74, 6) is -0.369. The van der Waals surface area contributed by atoms with Gasteiger partial charge in [-0.1, -0.05) is 12.1 Å². The van der Waals surface area contributed by atoms with Crippen LogP contribution in [0.2, 0.25) is 0 Å². The number of hydrogen-bond donors (Lipinski definition) is 2. The van der Waals surface area contributed by atoms with Crippen molar-refractivity contribution in [3.63, 3.8) is 0 Å². The van der Waals surface area contributed by atoms with E-state index in [1.807, 2.05) is 26.1 Å². The third-order valence-electron chi connectivity index (χ3n) is 3.43. The van der Waals surface area contributed by atoms with Gasteiger partial charge < -0.3 is 20.7 Å². The normalized spacial score (nSPS) is 18.9. The van der Waals surface area contributed by atoms with Gasteiger partial charge in [0.05, 0.1) is 18.7 Å². The van der Waals surface area contributed by atoms with E-state index in [2.05, 4.69) is 5.32 Å². The molecule has 1 aromatic rings. The van der Waals surface area contributed by atoms with E-state index in [0.29, 0.717) is 16.4 Å². The number of benzene rings is 1. The van der Waals surface area contributed by atoms with Gasteiger partial charge in [0.2, 0.25) is 0 Å². The number of allylic oxidation sites excluding steroid dienone is 1. The molecule has 106 valence electrons. The zero-order valence-corrected chi connectivity index (χ0v) is 12.5. The predicted molar refractivity (Wildman–Crippen MR) is 81.8 cm³/mol. The number of esters is 1. The Bertz CT molecular complexity index is 581. The number of rotatable bonds is 2. The molecule has 1 aliphatic heterocycles. The van der Waals surface area contributed by atoms with Crippen molar-refractivity contribution in [1.29, 1.82) is 0 Å². The van der Waals surface area contributed by atoms with Gasteiger partial charge in [0.15, 0.2) is 5.11 Å². The Morgan fingerprint density at radius 2 is 2.00 bits per heavy atom. The molecule has 0 unspecified atom stereocenters. The number of nitrogens with one attached hydrogen (secondary N) is 1. The van der Waals surface area contributed by atoms with Crippen molar-refractivity contribution in [2.24, 2.45) is 0 Å². The van der Waals surface area contributed by atoms with Crippen LogP contribution in [-0.2, 0) is 9.53 Å². The molecule has 1 heterocycles. The van der Waals surface area contributed by atoms with Crippen molar-refractivity contribution >= 4 is 29.0 Å². The van der Waals surface area contributed by atoms with Crippen LogP contribution in [0.5, 0.6) is 0 Å². The Morgan fingerprint density at radius 3 is 2.55 bits per heavy atom. The molecule has 1 aromatic carbocycles. The van der Waals surface area contributed by atoms with Crippen molar-refractivity contribution in [2.75, 3.05) is 19.9 Å². The molecule has 0 radical (unpaired) electrons. The summed E-state index contributed by atoms with van der Waals surface area (Å²) in [5, 5.41) is 3.72. The second kappa shape index (κ2) is 5.50. The summed E-state index contributed by atoms with van der Waals surface area (Å²) in [7, 11) is 3.18. The van der Waals surface area contributed by atoms with E-state index in [1.165, 1.54) is 7.11 Å². The van der Waals surface area contributed by atoms with Gasteiger partial charge in [0.1, 0.15) is 0 Å². The van der Waals surface area contributed by atoms with Gasteiger partial charge >= 0.3 is 5.97 Å². The number of ether oxygens (including phenoxy) is 1. The quantitative estimate of drug-likeness (QED) is 0.490. The fourth-order valence-corrected chi connectivity index (χ4v) is 2.40. The predicted octanol–water partition coefficient (Wildman–Crippen LogP) is 1.58. The topological polar surface area (TPSA) is 67.6 Å². The van der Waals surface area contributed by atoms with Crippen LogP contribution in [0, 0.1) is 0 Å². The minimum absolute atomic E-state index is 0.327. The van der Waals surface area contributed by atoms with Crippen LogP contribution >= 0.6 is 12.2 Å². The number of anilines is 1. The molecule has 6 heteroatoms. The number of carbonyl (C=O) groups excluding carboxylic acids is 1. The monoisotopic (exact) mass is 291 g/mol. The summed E-state index contributed by atoms with van der Waals surface area (Å²) in [4.78, 5) is 13.8. The molecular weight excluding hydrogens is 274 g/mol. The molecule has 0 bridgehead atoms. The number of carbonyl (C=O) groups is 1. The average molecular weight is 291 g/mol. The molecule has 0 saturated heterocycles. The number of nitrogen functional groups attached to an aromatic ring is 1. The lowest BCUT2D eigenvalue weighted by molar-refractivity contribution is -0.136. The molecule has 1 aliphatic rings. The van der Waals surface area contributed by atoms with E-state index in [-0.39, 0.29) is 12.0 Å². The van der Waals surface area contributed by atoms with Crippen LogP contribution in [0.15, 0.2) is 35.5 Å². The van der Waals surface area contributed by atoms with Crippen molar-refractivity contribution in [1.82, 2.24) is 10.2 Å². The smallest absolute Gasteiger partial charge is 0.337 e. The van der Waals surface area contributed by atoms with E-state index < -0.39 is 0 Å². The Labute approximate surface area is 123 Å². The van der Waals surface area contributed by atoms with Crippen molar-refractivity contribution in [3.05, 3.63) is 41.1 Å². The van der Waals surface area contributed by atoms with Gasteiger partial charge in [-0.25, -0.2) is 4.79 Å². The first kappa shape index (κ1) is 14.3. The number of thiocarbonyl (C=S) groups is 1. The summed E-state index contributed by atoms with van der Waals surface area (Å²) in [6, 6.07) is 7.01. The molecule has 0 spiro atoms. The van der Waals surface area contributed by atoms with Gasteiger partial charge in [0.25, 0.3) is 0 Å². The van der Waals surface area contributed by atoms with Gasteiger partial charge in [-0.15, -0.1) is 0 Å². The van der Waals surface area contributed by atoms with Gasteiger partial charge in [-0.3, -0.25) is 0 Å². The molecular formula is C14H17N3O2S. The van der Waals surface area contributed by atoms with Crippen molar-refractivity contribution < 1.29 is 9.53 Å². The van der Waals surface area contributed by atoms with Crippen LogP contribution in [-0.4, -0.2) is 30.1 Å². The maximum Gasteiger partial charge on any atom is 0.337 e. The van der Waals surface area contributed by atoms with Gasteiger partial charge in [0, 0.05) is 18.4 Å². The van der Waals surface area contributed by atoms with Crippen molar-refractivity contribution in [2.45, 2.75) is 13.0 Å². The minimum Gasteiger partial charge on any atom is -0.466 e. The molecule has 3 N–H and O–H groups in total. The summed E-state index contributed by atoms with van der Waals surface area (Å²) in [6.45, 7) is 1.85. The lowest BCUT2D eigenvalue weighted by atomic mass is 9.95. The molecule has 0 saturated carbocycles. The Balaban J connectivity index is 2.51. The highest BCUT2D eigenvalue weighted by atomic mass is 32.1. The Morgan fingerprint density at radius 1 is 1.40 bits per heavy atom. The maximum atomic E-state index is 12.1. The lowest BCUT2D eigenvalue weighted by Crippen LogP contribution is -2.46. The Kier molecular flexibility index (Phi) is 3.94. The van der Waals surface area contributed by atoms with E-state index >= 15 is 0 Å². The van der Waals surface area contributed by atoms with Crippen LogP contribution in [0.4, 0.5) is 5.69 Å². The van der Waals surface area contributed by atoms with E-state index in [9.17, 15) is 4.79 Å². The summed E-state index contributed by atoms with van der Waals surface area (Å²) >= 11 is 5.29. The van der Waals surface area contributed by atoms with Crippen molar-refractivity contribution in [3.8, 4) is 0 Å². The molecule has 1 atom stereocenters. The maximum absolute atomic E-state index is 12.1. The van der Waals surface area contributed by atoms with Gasteiger partial charge in [-0.05, 0) is 36.8 Å². The highest BCUT2D eigenvalue weighted by Crippen LogP contribution is 2.30. The van der Waals surface area contributed by atoms with Crippen LogP contribution < -0.4 is 11.1 Å². The fourth-order valence-electron chi connectivity index (χ4n) is 2.15. The van der Waals surface area contributed by atoms with Crippen LogP contribution in [0.25, 0.3) is 0 Å². The summed E-state index contributed by atoms with van der Waals surface area (Å²) in [5.41, 5.74) is 8.61. The molecule has 5 nitrogen and oxygen atoms in total. The highest BCUT2D eigenvalue weighted by Gasteiger charge is 2.32. The first-order valence-electron chi connectivity index (χ1n) is 6.14. The van der Waals surface area contributed by atoms with Gasteiger partial charge in [-0.2, -0.15) is 0 Å². The average Bonchev–Trinajstić information content (AvgIpc) is 2.44. The SMILES string of the molecule is COC(=O)C1=C(C)N(C)C(=S)N[C@@H]1c1ccc(N)cc1. The standard InChI is InChI=1S/C14H17N3O2S/c1-8-11(13(18)19-3)12(16-14(20)17(8)2)9-4-6-10(15)7-5-9/h4-7,12H,15H2,1-3H3,(H,16,20)/t12-/m1/s1. The summed E-state index contributed by atoms with van der Waals surface area (Å²) < 4.78 is 4.89. The lowest BCUT2D eigenvalue weighted by Gasteiger charge is -2.35. The van der Waals surface area contributed by atoms with Crippen LogP contribution in [0.3, 0.4) is 0 Å². The second-order valence-electron chi connectivity index (χ2n) is 4.60. The molecule has 0 aromatic heterocycles. The number of methoxy groups -OCH3 is 1. The number of nitrogens with zero attached hydrogens (tertiary/aromatic N) is 1. The molecule has 20 heavy (non-hydrogen) atoms. The summed E-state index contributed by atoms with van der Waals surface area (Å²) in [6.07, 6.45) is 0. The second-order valence-corrected chi connectivity index (χ2v) is 4.99. The molecule has 2 rings (SSSR count). The number of nitrogens with two attached hydrogens (primary N) is 1. The van der Waals surface area contributed by atoms with E-state index in [0.717, 1.165) is 11.3 Å². The van der Waals surface area contributed by atoms with E-state index in [4.69, 9.17) is 22.7 Å². The zero-order chi connectivity index (χ0) is 14.9. The first-order chi connectivity index (χ1) is 9.45. The third kappa shape index (κ3) is 2.46. The fraction of sp³-hybridized carbons (Fsp3) is 0.286. The van der Waals surface area contributed by atoms with E-state index in [1.54, 1.807) is 17.0 Å². The first-order valence-corrected chi connectivity index (χ1v) is 6.55. The van der Waals surface area contributed by atoms with Crippen LogP contribution in [0.1, 0.15) is 18.5 Å². The largest absolute Gasteiger partial charge is 0.466 e.